The maximum absolute atomic E-state index is 8.91. The summed E-state index contributed by atoms with van der Waals surface area (Å²) >= 11 is 0. The first kappa shape index (κ1) is 8.08. The van der Waals surface area contributed by atoms with Crippen molar-refractivity contribution < 1.29 is 5.11 Å². The predicted octanol–water partition coefficient (Wildman–Crippen LogP) is 1.57. The van der Waals surface area contributed by atoms with Crippen LogP contribution in [0.15, 0.2) is 24.1 Å². The molecule has 0 aromatic rings. The van der Waals surface area contributed by atoms with Gasteiger partial charge >= 0.3 is 0 Å². The summed E-state index contributed by atoms with van der Waals surface area (Å²) in [5.41, 5.74) is 0.824. The topological polar surface area (TPSA) is 32.3 Å². The number of hydrogen-bond donors (Lipinski definition) is 2. The van der Waals surface area contributed by atoms with Crippen LogP contribution in [-0.2, 0) is 0 Å². The van der Waals surface area contributed by atoms with Crippen molar-refractivity contribution in [2.75, 3.05) is 7.05 Å². The van der Waals surface area contributed by atoms with E-state index in [1.165, 1.54) is 0 Å². The average molecular weight is 127 g/mol. The Bertz CT molecular complexity index is 123. The molecule has 0 aliphatic carbocycles. The summed E-state index contributed by atoms with van der Waals surface area (Å²) in [5, 5.41) is 11.8. The van der Waals surface area contributed by atoms with Crippen LogP contribution >= 0.6 is 0 Å². The highest BCUT2D eigenvalue weighted by atomic mass is 16.3. The summed E-state index contributed by atoms with van der Waals surface area (Å²) < 4.78 is 0. The van der Waals surface area contributed by atoms with Gasteiger partial charge < -0.3 is 10.4 Å². The standard InChI is InChI=1S/C7H13NO/c1-4-5-7(8-3)6(2)9/h4,8-9H,1,5H2,2-3H3/b7-6+. The number of rotatable bonds is 3. The fraction of sp³-hybridized carbons (Fsp3) is 0.429. The van der Waals surface area contributed by atoms with E-state index >= 15 is 0 Å². The summed E-state index contributed by atoms with van der Waals surface area (Å²) in [6, 6.07) is 0. The molecule has 2 N–H and O–H groups in total. The molecule has 0 bridgehead atoms. The van der Waals surface area contributed by atoms with E-state index in [9.17, 15) is 0 Å². The molecule has 0 amide bonds. The molecule has 0 aromatic heterocycles. The van der Waals surface area contributed by atoms with E-state index in [0.29, 0.717) is 12.2 Å². The molecule has 0 rings (SSSR count). The van der Waals surface area contributed by atoms with Gasteiger partial charge in [-0.15, -0.1) is 6.58 Å². The van der Waals surface area contributed by atoms with Crippen LogP contribution in [0.1, 0.15) is 13.3 Å². The lowest BCUT2D eigenvalue weighted by atomic mass is 10.3. The molecule has 0 atom stereocenters. The van der Waals surface area contributed by atoms with E-state index in [0.717, 1.165) is 5.70 Å². The van der Waals surface area contributed by atoms with Gasteiger partial charge in [-0.05, 0) is 6.92 Å². The molecule has 0 saturated heterocycles. The SMILES string of the molecule is C=CC/C(NC)=C(/C)O. The van der Waals surface area contributed by atoms with Gasteiger partial charge in [0.1, 0.15) is 5.76 Å². The molecule has 0 radical (unpaired) electrons. The second-order valence-electron chi connectivity index (χ2n) is 1.81. The van der Waals surface area contributed by atoms with Gasteiger partial charge in [0.05, 0.1) is 5.70 Å². The first-order valence-electron chi connectivity index (χ1n) is 2.89. The third-order valence-corrected chi connectivity index (χ3v) is 1.09. The quantitative estimate of drug-likeness (QED) is 0.445. The Morgan fingerprint density at radius 3 is 2.44 bits per heavy atom. The van der Waals surface area contributed by atoms with Crippen LogP contribution < -0.4 is 5.32 Å². The van der Waals surface area contributed by atoms with Crippen LogP contribution in [0.5, 0.6) is 0 Å². The summed E-state index contributed by atoms with van der Waals surface area (Å²) in [6.07, 6.45) is 2.43. The van der Waals surface area contributed by atoms with Crippen molar-refractivity contribution in [3.8, 4) is 0 Å². The Morgan fingerprint density at radius 2 is 2.33 bits per heavy atom. The minimum absolute atomic E-state index is 0.331. The summed E-state index contributed by atoms with van der Waals surface area (Å²) in [4.78, 5) is 0. The lowest BCUT2D eigenvalue weighted by molar-refractivity contribution is 0.401. The van der Waals surface area contributed by atoms with Crippen molar-refractivity contribution in [2.45, 2.75) is 13.3 Å². The molecule has 0 saturated carbocycles. The average Bonchev–Trinajstić information content (AvgIpc) is 1.82. The van der Waals surface area contributed by atoms with Crippen LogP contribution in [0.4, 0.5) is 0 Å². The monoisotopic (exact) mass is 127 g/mol. The van der Waals surface area contributed by atoms with Gasteiger partial charge in [0.2, 0.25) is 0 Å². The van der Waals surface area contributed by atoms with E-state index in [4.69, 9.17) is 5.11 Å². The molecular formula is C7H13NO. The smallest absolute Gasteiger partial charge is 0.108 e. The fourth-order valence-corrected chi connectivity index (χ4v) is 0.575. The molecule has 2 nitrogen and oxygen atoms in total. The van der Waals surface area contributed by atoms with E-state index in [1.54, 1.807) is 20.0 Å². The number of aliphatic hydroxyl groups excluding tert-OH is 1. The zero-order chi connectivity index (χ0) is 7.28. The number of nitrogens with one attached hydrogen (secondary N) is 1. The lowest BCUT2D eigenvalue weighted by Gasteiger charge is -2.03. The van der Waals surface area contributed by atoms with Crippen molar-refractivity contribution in [3.63, 3.8) is 0 Å². The Hall–Kier alpha value is -0.920. The van der Waals surface area contributed by atoms with Gasteiger partial charge in [-0.2, -0.15) is 0 Å². The Labute approximate surface area is 55.9 Å². The van der Waals surface area contributed by atoms with Crippen molar-refractivity contribution >= 4 is 0 Å². The maximum atomic E-state index is 8.91. The molecule has 0 spiro atoms. The molecule has 0 aliphatic rings. The third kappa shape index (κ3) is 2.80. The Morgan fingerprint density at radius 1 is 1.78 bits per heavy atom. The molecule has 52 valence electrons. The summed E-state index contributed by atoms with van der Waals surface area (Å²) in [7, 11) is 1.78. The molecule has 0 aromatic carbocycles. The van der Waals surface area contributed by atoms with E-state index in [1.807, 2.05) is 0 Å². The lowest BCUT2D eigenvalue weighted by Crippen LogP contribution is -2.06. The normalized spacial score (nSPS) is 12.2. The zero-order valence-electron chi connectivity index (χ0n) is 5.94. The van der Waals surface area contributed by atoms with Crippen molar-refractivity contribution in [2.24, 2.45) is 0 Å². The first-order valence-corrected chi connectivity index (χ1v) is 2.89. The van der Waals surface area contributed by atoms with Gasteiger partial charge in [-0.3, -0.25) is 0 Å². The van der Waals surface area contributed by atoms with Crippen LogP contribution in [-0.4, -0.2) is 12.2 Å². The van der Waals surface area contributed by atoms with E-state index in [-0.39, 0.29) is 0 Å². The van der Waals surface area contributed by atoms with Crippen molar-refractivity contribution in [1.82, 2.24) is 5.32 Å². The van der Waals surface area contributed by atoms with E-state index in [2.05, 4.69) is 11.9 Å². The Kier molecular flexibility index (Phi) is 3.60. The van der Waals surface area contributed by atoms with Crippen LogP contribution in [0.3, 0.4) is 0 Å². The molecule has 2 heteroatoms. The molecular weight excluding hydrogens is 114 g/mol. The minimum atomic E-state index is 0.331. The molecule has 0 aliphatic heterocycles. The number of hydrogen-bond acceptors (Lipinski definition) is 2. The van der Waals surface area contributed by atoms with E-state index < -0.39 is 0 Å². The largest absolute Gasteiger partial charge is 0.511 e. The van der Waals surface area contributed by atoms with Crippen LogP contribution in [0, 0.1) is 0 Å². The molecule has 0 unspecified atom stereocenters. The van der Waals surface area contributed by atoms with Crippen LogP contribution in [0.2, 0.25) is 0 Å². The van der Waals surface area contributed by atoms with Gasteiger partial charge in [0.25, 0.3) is 0 Å². The molecule has 9 heavy (non-hydrogen) atoms. The van der Waals surface area contributed by atoms with Crippen molar-refractivity contribution in [3.05, 3.63) is 24.1 Å². The number of aliphatic hydroxyl groups is 1. The molecule has 0 heterocycles. The summed E-state index contributed by atoms with van der Waals surface area (Å²) in [5.74, 6) is 0.331. The van der Waals surface area contributed by atoms with Crippen molar-refractivity contribution in [1.29, 1.82) is 0 Å². The maximum Gasteiger partial charge on any atom is 0.108 e. The Balaban J connectivity index is 3.97. The second-order valence-corrected chi connectivity index (χ2v) is 1.81. The fourth-order valence-electron chi connectivity index (χ4n) is 0.575. The van der Waals surface area contributed by atoms with Gasteiger partial charge in [0.15, 0.2) is 0 Å². The van der Waals surface area contributed by atoms with Gasteiger partial charge in [-0.1, -0.05) is 6.08 Å². The zero-order valence-corrected chi connectivity index (χ0v) is 5.94. The first-order chi connectivity index (χ1) is 4.22. The second kappa shape index (κ2) is 4.01. The highest BCUT2D eigenvalue weighted by molar-refractivity contribution is 5.06. The molecule has 0 fully saturated rings. The van der Waals surface area contributed by atoms with Crippen LogP contribution in [0.25, 0.3) is 0 Å². The predicted molar refractivity (Wildman–Crippen MR) is 39.2 cm³/mol. The van der Waals surface area contributed by atoms with Gasteiger partial charge in [0, 0.05) is 13.5 Å². The minimum Gasteiger partial charge on any atom is -0.511 e. The number of allylic oxidation sites excluding steroid dienone is 2. The highest BCUT2D eigenvalue weighted by Crippen LogP contribution is 2.00. The van der Waals surface area contributed by atoms with Gasteiger partial charge in [-0.25, -0.2) is 0 Å². The third-order valence-electron chi connectivity index (χ3n) is 1.09. The highest BCUT2D eigenvalue weighted by Gasteiger charge is 1.93. The summed E-state index contributed by atoms with van der Waals surface area (Å²) in [6.45, 7) is 5.19.